The van der Waals surface area contributed by atoms with Crippen LogP contribution in [0.4, 0.5) is 4.79 Å². The second-order valence-electron chi connectivity index (χ2n) is 8.60. The molecule has 0 radical (unpaired) electrons. The maximum atomic E-state index is 12.3. The predicted molar refractivity (Wildman–Crippen MR) is 128 cm³/mol. The molecule has 2 aromatic carbocycles. The topological polar surface area (TPSA) is 114 Å². The fraction of sp³-hybridized carbons (Fsp3) is 0.423. The zero-order valence-electron chi connectivity index (χ0n) is 19.6. The third kappa shape index (κ3) is 6.57. The lowest BCUT2D eigenvalue weighted by Gasteiger charge is -2.16. The number of rotatable bonds is 12. The molecule has 0 bridgehead atoms. The molecule has 8 heteroatoms. The average Bonchev–Trinajstić information content (AvgIpc) is 3.15. The van der Waals surface area contributed by atoms with Gasteiger partial charge in [-0.15, -0.1) is 0 Å². The number of amides is 2. The summed E-state index contributed by atoms with van der Waals surface area (Å²) in [5, 5.41) is 14.3. The van der Waals surface area contributed by atoms with Crippen LogP contribution in [0.25, 0.3) is 11.1 Å². The van der Waals surface area contributed by atoms with Crippen LogP contribution in [0.3, 0.4) is 0 Å². The van der Waals surface area contributed by atoms with Gasteiger partial charge in [-0.05, 0) is 41.0 Å². The minimum Gasteiger partial charge on any atom is -0.480 e. The number of aliphatic carboxylic acids is 1. The van der Waals surface area contributed by atoms with Crippen LogP contribution >= 0.6 is 0 Å². The minimum absolute atomic E-state index is 0.0170. The molecule has 0 spiro atoms. The van der Waals surface area contributed by atoms with Crippen molar-refractivity contribution in [1.82, 2.24) is 10.6 Å². The fourth-order valence-corrected chi connectivity index (χ4v) is 4.20. The number of hydrogen-bond donors (Lipinski definition) is 3. The normalized spacial score (nSPS) is 13.9. The van der Waals surface area contributed by atoms with E-state index in [2.05, 4.69) is 34.9 Å². The smallest absolute Gasteiger partial charge is 0.407 e. The molecule has 1 aliphatic carbocycles. The predicted octanol–water partition coefficient (Wildman–Crippen LogP) is 3.55. The first-order chi connectivity index (χ1) is 16.4. The summed E-state index contributed by atoms with van der Waals surface area (Å²) in [6, 6.07) is 15.3. The Kier molecular flexibility index (Phi) is 9.04. The standard InChI is InChI=1S/C26H32N2O6/c1-17(11-12-24(29)28-23(16-33-2)25(30)31)13-14-27-26(32)34-15-22-20-9-5-3-7-18(20)19-8-4-6-10-21(19)22/h3-10,17,22-23H,11-16H2,1-2H3,(H,27,32)(H,28,29)(H,30,31)/t17?,23-/m0/s1. The van der Waals surface area contributed by atoms with Gasteiger partial charge in [-0.1, -0.05) is 55.5 Å². The molecule has 0 aromatic heterocycles. The van der Waals surface area contributed by atoms with Gasteiger partial charge in [0.25, 0.3) is 0 Å². The molecule has 1 aliphatic rings. The minimum atomic E-state index is -1.13. The van der Waals surface area contributed by atoms with Gasteiger partial charge in [-0.3, -0.25) is 4.79 Å². The second-order valence-corrected chi connectivity index (χ2v) is 8.60. The van der Waals surface area contributed by atoms with Crippen LogP contribution in [-0.4, -0.2) is 56.0 Å². The first kappa shape index (κ1) is 25.2. The molecular weight excluding hydrogens is 436 g/mol. The van der Waals surface area contributed by atoms with Crippen LogP contribution in [0.1, 0.15) is 43.2 Å². The van der Waals surface area contributed by atoms with Crippen LogP contribution in [0.2, 0.25) is 0 Å². The Balaban J connectivity index is 1.37. The summed E-state index contributed by atoms with van der Waals surface area (Å²) in [7, 11) is 1.38. The zero-order chi connectivity index (χ0) is 24.5. The van der Waals surface area contributed by atoms with Crippen molar-refractivity contribution in [3.8, 4) is 11.1 Å². The van der Waals surface area contributed by atoms with Gasteiger partial charge in [-0.25, -0.2) is 9.59 Å². The van der Waals surface area contributed by atoms with E-state index in [1.807, 2.05) is 31.2 Å². The maximum Gasteiger partial charge on any atom is 0.407 e. The lowest BCUT2D eigenvalue weighted by Crippen LogP contribution is -2.43. The van der Waals surface area contributed by atoms with Crippen molar-refractivity contribution in [3.63, 3.8) is 0 Å². The molecule has 1 unspecified atom stereocenters. The van der Waals surface area contributed by atoms with Crippen molar-refractivity contribution < 1.29 is 29.0 Å². The summed E-state index contributed by atoms with van der Waals surface area (Å²) in [5.41, 5.74) is 4.70. The maximum absolute atomic E-state index is 12.3. The molecule has 2 amide bonds. The Morgan fingerprint density at radius 1 is 1.00 bits per heavy atom. The van der Waals surface area contributed by atoms with Gasteiger partial charge < -0.3 is 25.2 Å². The molecule has 2 aromatic rings. The first-order valence-electron chi connectivity index (χ1n) is 11.5. The van der Waals surface area contributed by atoms with Gasteiger partial charge in [0.15, 0.2) is 6.04 Å². The molecule has 2 atom stereocenters. The van der Waals surface area contributed by atoms with Gasteiger partial charge in [0.2, 0.25) is 5.91 Å². The van der Waals surface area contributed by atoms with Gasteiger partial charge >= 0.3 is 12.1 Å². The zero-order valence-corrected chi connectivity index (χ0v) is 19.6. The van der Waals surface area contributed by atoms with E-state index in [4.69, 9.17) is 14.6 Å². The van der Waals surface area contributed by atoms with Crippen LogP contribution in [0, 0.1) is 5.92 Å². The summed E-state index contributed by atoms with van der Waals surface area (Å²) in [6.45, 7) is 2.60. The highest BCUT2D eigenvalue weighted by molar-refractivity contribution is 5.83. The first-order valence-corrected chi connectivity index (χ1v) is 11.5. The number of carboxylic acids is 1. The third-order valence-corrected chi connectivity index (χ3v) is 6.08. The number of methoxy groups -OCH3 is 1. The molecule has 182 valence electrons. The van der Waals surface area contributed by atoms with Gasteiger partial charge in [0.05, 0.1) is 6.61 Å². The molecular formula is C26H32N2O6. The Morgan fingerprint density at radius 2 is 1.62 bits per heavy atom. The summed E-state index contributed by atoms with van der Waals surface area (Å²) >= 11 is 0. The largest absolute Gasteiger partial charge is 0.480 e. The van der Waals surface area contributed by atoms with Gasteiger partial charge in [0.1, 0.15) is 6.61 Å². The van der Waals surface area contributed by atoms with E-state index in [0.29, 0.717) is 19.4 Å². The summed E-state index contributed by atoms with van der Waals surface area (Å²) < 4.78 is 10.3. The molecule has 3 N–H and O–H groups in total. The number of carboxylic acid groups (broad SMARTS) is 1. The Hall–Kier alpha value is -3.39. The van der Waals surface area contributed by atoms with E-state index < -0.39 is 18.1 Å². The van der Waals surface area contributed by atoms with E-state index >= 15 is 0 Å². The number of carbonyl (C=O) groups excluding carboxylic acids is 2. The Morgan fingerprint density at radius 3 is 2.21 bits per heavy atom. The van der Waals surface area contributed by atoms with Crippen LogP contribution in [0.5, 0.6) is 0 Å². The highest BCUT2D eigenvalue weighted by atomic mass is 16.5. The quantitative estimate of drug-likeness (QED) is 0.439. The summed E-state index contributed by atoms with van der Waals surface area (Å²) in [4.78, 5) is 35.3. The van der Waals surface area contributed by atoms with E-state index in [1.165, 1.54) is 29.4 Å². The number of nitrogens with one attached hydrogen (secondary N) is 2. The molecule has 0 fully saturated rings. The molecule has 34 heavy (non-hydrogen) atoms. The monoisotopic (exact) mass is 468 g/mol. The molecule has 8 nitrogen and oxygen atoms in total. The van der Waals surface area contributed by atoms with Crippen LogP contribution < -0.4 is 10.6 Å². The van der Waals surface area contributed by atoms with Crippen molar-refractivity contribution in [2.45, 2.75) is 38.1 Å². The summed E-state index contributed by atoms with van der Waals surface area (Å²) in [5.74, 6) is -1.27. The Bertz CT molecular complexity index is 963. The second kappa shape index (κ2) is 12.2. The lowest BCUT2D eigenvalue weighted by molar-refractivity contribution is -0.143. The molecule has 0 heterocycles. The highest BCUT2D eigenvalue weighted by Crippen LogP contribution is 2.44. The Labute approximate surface area is 199 Å². The van der Waals surface area contributed by atoms with Crippen LogP contribution in [0.15, 0.2) is 48.5 Å². The number of benzene rings is 2. The number of alkyl carbamates (subject to hydrolysis) is 1. The number of carbonyl (C=O) groups is 3. The van der Waals surface area contributed by atoms with E-state index in [0.717, 1.165) is 0 Å². The average molecular weight is 469 g/mol. The SMILES string of the molecule is COC[C@H](NC(=O)CCC(C)CCNC(=O)OCC1c2ccccc2-c2ccccc21)C(=O)O. The third-order valence-electron chi connectivity index (χ3n) is 6.08. The molecule has 3 rings (SSSR count). The van der Waals surface area contributed by atoms with Gasteiger partial charge in [-0.2, -0.15) is 0 Å². The molecule has 0 saturated carbocycles. The van der Waals surface area contributed by atoms with Crippen molar-refractivity contribution in [2.75, 3.05) is 26.9 Å². The lowest BCUT2D eigenvalue weighted by atomic mass is 9.98. The van der Waals surface area contributed by atoms with E-state index in [-0.39, 0.29) is 37.4 Å². The highest BCUT2D eigenvalue weighted by Gasteiger charge is 2.29. The van der Waals surface area contributed by atoms with E-state index in [9.17, 15) is 14.4 Å². The van der Waals surface area contributed by atoms with Crippen molar-refractivity contribution >= 4 is 18.0 Å². The van der Waals surface area contributed by atoms with Crippen LogP contribution in [-0.2, 0) is 19.1 Å². The van der Waals surface area contributed by atoms with Crippen molar-refractivity contribution in [2.24, 2.45) is 5.92 Å². The fourth-order valence-electron chi connectivity index (χ4n) is 4.20. The number of hydrogen-bond acceptors (Lipinski definition) is 5. The van der Waals surface area contributed by atoms with Gasteiger partial charge in [0, 0.05) is 26.0 Å². The van der Waals surface area contributed by atoms with Crippen molar-refractivity contribution in [1.29, 1.82) is 0 Å². The number of ether oxygens (including phenoxy) is 2. The summed E-state index contributed by atoms with van der Waals surface area (Å²) in [6.07, 6.45) is 1.00. The molecule has 0 saturated heterocycles. The van der Waals surface area contributed by atoms with Crippen molar-refractivity contribution in [3.05, 3.63) is 59.7 Å². The van der Waals surface area contributed by atoms with E-state index in [1.54, 1.807) is 0 Å². The number of fused-ring (bicyclic) bond motifs is 3. The molecule has 0 aliphatic heterocycles.